The Morgan fingerprint density at radius 1 is 1.10 bits per heavy atom. The van der Waals surface area contributed by atoms with Crippen molar-refractivity contribution in [2.75, 3.05) is 23.7 Å². The van der Waals surface area contributed by atoms with Crippen LogP contribution in [0.3, 0.4) is 0 Å². The molecular weight excluding hydrogens is 524 g/mol. The van der Waals surface area contributed by atoms with Gasteiger partial charge in [0, 0.05) is 25.7 Å². The van der Waals surface area contributed by atoms with Gasteiger partial charge in [-0.3, -0.25) is 9.59 Å². The molecule has 0 saturated heterocycles. The number of aldehydes is 1. The molecule has 10 heteroatoms. The number of rotatable bonds is 9. The molecule has 1 aliphatic rings. The van der Waals surface area contributed by atoms with E-state index in [1.165, 1.54) is 44.2 Å². The average molecular weight is 567 g/mol. The molecule has 3 N–H and O–H groups in total. The fourth-order valence-corrected chi connectivity index (χ4v) is 4.81. The molecular formula is C31H42N4O6. The monoisotopic (exact) mass is 566 g/mol. The molecule has 10 nitrogen and oxygen atoms in total. The van der Waals surface area contributed by atoms with Crippen LogP contribution in [0.15, 0.2) is 40.9 Å². The molecule has 0 atom stereocenters. The van der Waals surface area contributed by atoms with E-state index in [-0.39, 0.29) is 40.4 Å². The molecule has 1 aromatic carbocycles. The lowest BCUT2D eigenvalue weighted by Gasteiger charge is -2.32. The molecule has 222 valence electrons. The van der Waals surface area contributed by atoms with Crippen LogP contribution >= 0.6 is 0 Å². The number of pyridine rings is 1. The first kappa shape index (κ1) is 33.0. The van der Waals surface area contributed by atoms with Crippen LogP contribution in [0.1, 0.15) is 93.2 Å². The summed E-state index contributed by atoms with van der Waals surface area (Å²) in [4.78, 5) is 52.3. The number of furan rings is 1. The molecule has 1 aliphatic carbocycles. The zero-order valence-corrected chi connectivity index (χ0v) is 24.7. The number of aryl methyl sites for hydroxylation is 1. The minimum absolute atomic E-state index is 0.0332. The lowest BCUT2D eigenvalue weighted by Crippen LogP contribution is -2.39. The van der Waals surface area contributed by atoms with E-state index < -0.39 is 11.9 Å². The molecule has 2 aromatic heterocycles. The van der Waals surface area contributed by atoms with Gasteiger partial charge in [-0.15, -0.1) is 0 Å². The van der Waals surface area contributed by atoms with Crippen molar-refractivity contribution in [2.24, 2.45) is 0 Å². The molecule has 0 unspecified atom stereocenters. The quantitative estimate of drug-likeness (QED) is 0.261. The van der Waals surface area contributed by atoms with E-state index in [1.807, 2.05) is 31.7 Å². The zero-order valence-electron chi connectivity index (χ0n) is 24.7. The van der Waals surface area contributed by atoms with E-state index in [1.54, 1.807) is 25.3 Å². The van der Waals surface area contributed by atoms with Gasteiger partial charge in [0.25, 0.3) is 5.91 Å². The summed E-state index contributed by atoms with van der Waals surface area (Å²) in [6.07, 6.45) is 9.47. The maximum absolute atomic E-state index is 12.7. The molecule has 3 aromatic rings. The van der Waals surface area contributed by atoms with Crippen LogP contribution in [0, 0.1) is 0 Å². The van der Waals surface area contributed by atoms with Crippen LogP contribution < -0.4 is 10.6 Å². The van der Waals surface area contributed by atoms with E-state index in [2.05, 4.69) is 22.5 Å². The first-order valence-electron chi connectivity index (χ1n) is 14.3. The summed E-state index contributed by atoms with van der Waals surface area (Å²) in [5.74, 6) is -1.32. The molecule has 0 spiro atoms. The third-order valence-corrected chi connectivity index (χ3v) is 6.75. The molecule has 4 rings (SSSR count). The Kier molecular flexibility index (Phi) is 13.5. The highest BCUT2D eigenvalue weighted by Gasteiger charge is 2.25. The Morgan fingerprint density at radius 3 is 2.34 bits per heavy atom. The van der Waals surface area contributed by atoms with Crippen molar-refractivity contribution in [3.8, 4) is 0 Å². The van der Waals surface area contributed by atoms with Gasteiger partial charge in [0.15, 0.2) is 0 Å². The maximum Gasteiger partial charge on any atom is 0.336 e. The number of amides is 2. The van der Waals surface area contributed by atoms with Gasteiger partial charge >= 0.3 is 5.97 Å². The van der Waals surface area contributed by atoms with Gasteiger partial charge in [-0.1, -0.05) is 52.2 Å². The minimum Gasteiger partial charge on any atom is -0.478 e. The van der Waals surface area contributed by atoms with Crippen LogP contribution in [0.2, 0.25) is 0 Å². The molecule has 41 heavy (non-hydrogen) atoms. The van der Waals surface area contributed by atoms with Crippen molar-refractivity contribution in [1.29, 1.82) is 0 Å². The predicted molar refractivity (Wildman–Crippen MR) is 161 cm³/mol. The summed E-state index contributed by atoms with van der Waals surface area (Å²) in [6, 6.07) is 8.53. The van der Waals surface area contributed by atoms with Crippen LogP contribution in [0.25, 0.3) is 11.0 Å². The van der Waals surface area contributed by atoms with Gasteiger partial charge < -0.3 is 29.9 Å². The van der Waals surface area contributed by atoms with Crippen molar-refractivity contribution in [2.45, 2.75) is 79.2 Å². The summed E-state index contributed by atoms with van der Waals surface area (Å²) < 4.78 is 5.58. The second-order valence-electron chi connectivity index (χ2n) is 9.29. The average Bonchev–Trinajstić information content (AvgIpc) is 3.37. The number of hydrogen-bond acceptors (Lipinski definition) is 7. The zero-order chi connectivity index (χ0) is 30.4. The number of nitrogens with zero attached hydrogens (tertiary/aromatic N) is 2. The lowest BCUT2D eigenvalue weighted by atomic mass is 9.94. The Hall–Kier alpha value is -4.21. The van der Waals surface area contributed by atoms with Crippen molar-refractivity contribution in [3.05, 3.63) is 53.4 Å². The normalized spacial score (nSPS) is 12.7. The highest BCUT2D eigenvalue weighted by Crippen LogP contribution is 2.34. The topological polar surface area (TPSA) is 142 Å². The number of carboxylic acids is 1. The number of anilines is 2. The third kappa shape index (κ3) is 8.89. The van der Waals surface area contributed by atoms with Gasteiger partial charge in [-0.25, -0.2) is 9.78 Å². The van der Waals surface area contributed by atoms with Gasteiger partial charge in [0.05, 0.1) is 23.2 Å². The number of carbonyl (C=O) groups excluding carboxylic acids is 3. The summed E-state index contributed by atoms with van der Waals surface area (Å²) in [6.45, 7) is 10.5. The number of nitrogens with one attached hydrogen (secondary N) is 2. The van der Waals surface area contributed by atoms with Crippen molar-refractivity contribution in [1.82, 2.24) is 9.88 Å². The molecule has 1 saturated carbocycles. The first-order chi connectivity index (χ1) is 19.8. The number of hydrogen-bond donors (Lipinski definition) is 3. The Labute approximate surface area is 241 Å². The molecule has 0 aliphatic heterocycles. The number of aromatic carboxylic acids is 1. The van der Waals surface area contributed by atoms with Crippen LogP contribution in [0.5, 0.6) is 0 Å². The van der Waals surface area contributed by atoms with E-state index in [0.717, 1.165) is 18.5 Å². The third-order valence-electron chi connectivity index (χ3n) is 6.75. The predicted octanol–water partition coefficient (Wildman–Crippen LogP) is 6.17. The number of benzene rings is 1. The Bertz CT molecular complexity index is 1300. The molecule has 2 amide bonds. The number of aromatic nitrogens is 1. The van der Waals surface area contributed by atoms with E-state index in [4.69, 9.17) is 4.42 Å². The van der Waals surface area contributed by atoms with Crippen molar-refractivity contribution < 1.29 is 28.7 Å². The molecule has 0 bridgehead atoms. The van der Waals surface area contributed by atoms with Crippen molar-refractivity contribution >= 4 is 46.5 Å². The second kappa shape index (κ2) is 16.8. The Morgan fingerprint density at radius 2 is 1.80 bits per heavy atom. The van der Waals surface area contributed by atoms with E-state index >= 15 is 0 Å². The SMILES string of the molecule is CC.CCN(C(C)=O)C1CCCCC1.CCc1ccc(NC(=O)c2oc3cccc(C(=O)O)c3c2NCC=O)nc1. The summed E-state index contributed by atoms with van der Waals surface area (Å²) >= 11 is 0. The van der Waals surface area contributed by atoms with Gasteiger partial charge in [0.1, 0.15) is 17.7 Å². The van der Waals surface area contributed by atoms with Crippen molar-refractivity contribution in [3.63, 3.8) is 0 Å². The standard InChI is InChI=1S/C19H17N3O5.C10H19NO.C2H6/c1-2-11-6-7-14(21-10-11)22-18(24)17-16(20-8-9-23)15-12(19(25)26)4-3-5-13(15)27-17;1-3-11(9(2)12)10-7-5-4-6-8-10;1-2/h3-7,9-10,20H,2,8H2,1H3,(H,25,26)(H,21,22,24);10H,3-8H2,1-2H3;1-2H3. The van der Waals surface area contributed by atoms with Crippen LogP contribution in [-0.4, -0.2) is 58.2 Å². The van der Waals surface area contributed by atoms with Crippen LogP contribution in [0.4, 0.5) is 11.5 Å². The van der Waals surface area contributed by atoms with Crippen LogP contribution in [-0.2, 0) is 16.0 Å². The highest BCUT2D eigenvalue weighted by molar-refractivity contribution is 6.16. The summed E-state index contributed by atoms with van der Waals surface area (Å²) in [7, 11) is 0. The molecule has 0 radical (unpaired) electrons. The highest BCUT2D eigenvalue weighted by atomic mass is 16.4. The first-order valence-corrected chi connectivity index (χ1v) is 14.3. The molecule has 1 fully saturated rings. The maximum atomic E-state index is 12.7. The second-order valence-corrected chi connectivity index (χ2v) is 9.29. The minimum atomic E-state index is -1.17. The lowest BCUT2D eigenvalue weighted by molar-refractivity contribution is -0.131. The smallest absolute Gasteiger partial charge is 0.336 e. The van der Waals surface area contributed by atoms with E-state index in [9.17, 15) is 24.3 Å². The fraction of sp³-hybridized carbons (Fsp3) is 0.452. The summed E-state index contributed by atoms with van der Waals surface area (Å²) in [5.41, 5.74) is 1.37. The largest absolute Gasteiger partial charge is 0.478 e. The Balaban J connectivity index is 0.000000352. The van der Waals surface area contributed by atoms with Gasteiger partial charge in [-0.05, 0) is 49.9 Å². The van der Waals surface area contributed by atoms with Gasteiger partial charge in [-0.2, -0.15) is 0 Å². The molecule has 2 heterocycles. The van der Waals surface area contributed by atoms with Gasteiger partial charge in [0.2, 0.25) is 11.7 Å². The van der Waals surface area contributed by atoms with E-state index in [0.29, 0.717) is 18.1 Å². The number of carboxylic acid groups (broad SMARTS) is 1. The summed E-state index contributed by atoms with van der Waals surface area (Å²) in [5, 5.41) is 15.0. The number of carbonyl (C=O) groups is 4. The number of fused-ring (bicyclic) bond motifs is 1. The fourth-order valence-electron chi connectivity index (χ4n) is 4.81.